The Morgan fingerprint density at radius 1 is 1.16 bits per heavy atom. The summed E-state index contributed by atoms with van der Waals surface area (Å²) in [6.07, 6.45) is 3.44. The van der Waals surface area contributed by atoms with E-state index < -0.39 is 0 Å². The van der Waals surface area contributed by atoms with E-state index in [0.717, 1.165) is 30.8 Å². The van der Waals surface area contributed by atoms with Crippen LogP contribution in [0.4, 0.5) is 5.69 Å². The molecule has 1 N–H and O–H groups in total. The van der Waals surface area contributed by atoms with Crippen molar-refractivity contribution in [2.24, 2.45) is 11.0 Å². The van der Waals surface area contributed by atoms with Gasteiger partial charge in [0.05, 0.1) is 28.1 Å². The number of anilines is 1. The lowest BCUT2D eigenvalue weighted by molar-refractivity contribution is -0.947. The van der Waals surface area contributed by atoms with Crippen LogP contribution in [0.2, 0.25) is 14.4 Å². The smallest absolute Gasteiger partial charge is 0.312 e. The van der Waals surface area contributed by atoms with E-state index in [0.29, 0.717) is 30.4 Å². The standard InChI is InChI=1S/C21H23Cl3N4OS.HI/c1-13-19(21(29)26-28(2)10-4-3-5-11-28)25-27(16-7-6-14(22)12-15(16)23)20(13)17-8-9-18(24)30-17;/h6-9,12-13,20H,3-5,10-11H2,1-2H3;1H/t13-,20-;/m0./s1. The Morgan fingerprint density at radius 2 is 1.87 bits per heavy atom. The van der Waals surface area contributed by atoms with Crippen molar-refractivity contribution < 1.29 is 33.4 Å². The number of carbonyl (C=O) groups excluding carboxylic acids is 1. The number of hydrogen-bond donors (Lipinski definition) is 1. The molecule has 2 aliphatic heterocycles. The van der Waals surface area contributed by atoms with E-state index in [4.69, 9.17) is 39.9 Å². The zero-order chi connectivity index (χ0) is 21.5. The second-order valence-electron chi connectivity index (χ2n) is 8.15. The lowest BCUT2D eigenvalue weighted by Crippen LogP contribution is -3.00. The number of nitrogens with zero attached hydrogens (tertiary/aromatic N) is 3. The number of quaternary nitrogens is 1. The predicted molar refractivity (Wildman–Crippen MR) is 126 cm³/mol. The van der Waals surface area contributed by atoms with E-state index >= 15 is 0 Å². The summed E-state index contributed by atoms with van der Waals surface area (Å²) in [4.78, 5) is 14.3. The minimum Gasteiger partial charge on any atom is -1.00 e. The zero-order valence-corrected chi connectivity index (χ0v) is 22.5. The molecule has 168 valence electrons. The van der Waals surface area contributed by atoms with Gasteiger partial charge < -0.3 is 24.0 Å². The number of carbonyl (C=O) groups is 1. The first-order valence-corrected chi connectivity index (χ1v) is 12.0. The Hall–Kier alpha value is -0.580. The van der Waals surface area contributed by atoms with Crippen molar-refractivity contribution in [3.05, 3.63) is 49.6 Å². The number of halogens is 4. The van der Waals surface area contributed by atoms with Gasteiger partial charge in [-0.1, -0.05) is 41.7 Å². The van der Waals surface area contributed by atoms with Gasteiger partial charge in [-0.15, -0.1) is 11.3 Å². The molecule has 2 aromatic rings. The van der Waals surface area contributed by atoms with Gasteiger partial charge in [0.15, 0.2) is 0 Å². The van der Waals surface area contributed by atoms with E-state index in [1.165, 1.54) is 17.8 Å². The fourth-order valence-electron chi connectivity index (χ4n) is 4.23. The molecule has 4 rings (SSSR count). The molecule has 0 bridgehead atoms. The Bertz CT molecular complexity index is 993. The molecule has 1 aromatic heterocycles. The van der Waals surface area contributed by atoms with Crippen LogP contribution in [0, 0.1) is 5.92 Å². The minimum atomic E-state index is -0.173. The molecule has 1 fully saturated rings. The molecule has 3 heterocycles. The highest BCUT2D eigenvalue weighted by Gasteiger charge is 2.42. The van der Waals surface area contributed by atoms with Crippen LogP contribution in [0.25, 0.3) is 0 Å². The van der Waals surface area contributed by atoms with Crippen LogP contribution in [0.1, 0.15) is 37.1 Å². The highest BCUT2D eigenvalue weighted by atomic mass is 127. The van der Waals surface area contributed by atoms with Crippen molar-refractivity contribution in [1.29, 1.82) is 0 Å². The number of amides is 1. The molecule has 2 atom stereocenters. The monoisotopic (exact) mass is 612 g/mol. The lowest BCUT2D eigenvalue weighted by Gasteiger charge is -2.36. The van der Waals surface area contributed by atoms with Gasteiger partial charge in [0.25, 0.3) is 0 Å². The first-order chi connectivity index (χ1) is 14.3. The van der Waals surface area contributed by atoms with E-state index in [-0.39, 0.29) is 41.8 Å². The summed E-state index contributed by atoms with van der Waals surface area (Å²) in [5, 5.41) is 7.63. The first kappa shape index (κ1) is 25.1. The SMILES string of the molecule is C[C@H]1C(C(=O)N[N+]2(C)CCCCC2)=NN(c2ccc(Cl)cc2Cl)[C@@H]1c1ccc(Cl)s1.[I-]. The molecule has 1 amide bonds. The molecular weight excluding hydrogens is 590 g/mol. The lowest BCUT2D eigenvalue weighted by atomic mass is 9.95. The average molecular weight is 614 g/mol. The van der Waals surface area contributed by atoms with Gasteiger partial charge in [0.1, 0.15) is 18.8 Å². The summed E-state index contributed by atoms with van der Waals surface area (Å²) in [7, 11) is 2.07. The van der Waals surface area contributed by atoms with Crippen LogP contribution in [-0.2, 0) is 4.79 Å². The molecule has 1 aromatic carbocycles. The molecule has 0 unspecified atom stereocenters. The summed E-state index contributed by atoms with van der Waals surface area (Å²) in [5.74, 6) is -0.269. The summed E-state index contributed by atoms with van der Waals surface area (Å²) in [5.41, 5.74) is 4.42. The maximum atomic E-state index is 13.3. The van der Waals surface area contributed by atoms with Gasteiger partial charge in [0.2, 0.25) is 0 Å². The largest absolute Gasteiger partial charge is 1.00 e. The molecule has 1 saturated heterocycles. The number of likely N-dealkylation sites (tertiary alicyclic amines) is 1. The number of thiophene rings is 1. The molecule has 10 heteroatoms. The second-order valence-corrected chi connectivity index (χ2v) is 10.7. The number of hydrazone groups is 1. The highest BCUT2D eigenvalue weighted by Crippen LogP contribution is 2.44. The van der Waals surface area contributed by atoms with E-state index in [9.17, 15) is 4.79 Å². The first-order valence-electron chi connectivity index (χ1n) is 10.0. The molecular formula is C21H24Cl3IN4OS. The average Bonchev–Trinajstić information content (AvgIpc) is 3.25. The van der Waals surface area contributed by atoms with E-state index in [1.54, 1.807) is 12.1 Å². The summed E-state index contributed by atoms with van der Waals surface area (Å²) in [6.45, 7) is 3.89. The molecule has 0 saturated carbocycles. The maximum Gasteiger partial charge on any atom is 0.312 e. The van der Waals surface area contributed by atoms with Crippen molar-refractivity contribution in [2.45, 2.75) is 32.2 Å². The summed E-state index contributed by atoms with van der Waals surface area (Å²) >= 11 is 20.3. The maximum absolute atomic E-state index is 13.3. The third-order valence-electron chi connectivity index (χ3n) is 5.83. The Balaban J connectivity index is 0.00000272. The normalized spacial score (nSPS) is 22.6. The van der Waals surface area contributed by atoms with E-state index in [1.807, 2.05) is 30.1 Å². The number of nitrogens with one attached hydrogen (secondary N) is 1. The number of hydrogen-bond acceptors (Lipinski definition) is 4. The van der Waals surface area contributed by atoms with Gasteiger partial charge in [-0.3, -0.25) is 9.80 Å². The second kappa shape index (κ2) is 10.1. The molecule has 31 heavy (non-hydrogen) atoms. The van der Waals surface area contributed by atoms with Crippen LogP contribution in [0.3, 0.4) is 0 Å². The van der Waals surface area contributed by atoms with Crippen LogP contribution in [0.15, 0.2) is 35.4 Å². The molecule has 2 aliphatic rings. The van der Waals surface area contributed by atoms with Crippen molar-refractivity contribution in [2.75, 3.05) is 25.1 Å². The predicted octanol–water partition coefficient (Wildman–Crippen LogP) is 2.93. The summed E-state index contributed by atoms with van der Waals surface area (Å²) < 4.78 is 1.24. The summed E-state index contributed by atoms with van der Waals surface area (Å²) in [6, 6.07) is 8.98. The van der Waals surface area contributed by atoms with Crippen molar-refractivity contribution in [1.82, 2.24) is 5.43 Å². The Morgan fingerprint density at radius 3 is 2.48 bits per heavy atom. The Kier molecular flexibility index (Phi) is 8.19. The fourth-order valence-corrected chi connectivity index (χ4v) is 5.98. The Labute approximate surface area is 218 Å². The number of rotatable bonds is 4. The van der Waals surface area contributed by atoms with Gasteiger partial charge in [-0.05, 0) is 49.6 Å². The molecule has 5 nitrogen and oxygen atoms in total. The van der Waals surface area contributed by atoms with Gasteiger partial charge in [-0.2, -0.15) is 10.5 Å². The quantitative estimate of drug-likeness (QED) is 0.426. The zero-order valence-electron chi connectivity index (χ0n) is 17.2. The van der Waals surface area contributed by atoms with Crippen molar-refractivity contribution in [3.8, 4) is 0 Å². The van der Waals surface area contributed by atoms with Crippen LogP contribution < -0.4 is 34.4 Å². The third-order valence-corrected chi connectivity index (χ3v) is 7.67. The molecule has 0 radical (unpaired) electrons. The third kappa shape index (κ3) is 5.33. The fraction of sp³-hybridized carbons (Fsp3) is 0.429. The topological polar surface area (TPSA) is 44.7 Å². The van der Waals surface area contributed by atoms with Crippen LogP contribution in [-0.4, -0.2) is 36.3 Å². The van der Waals surface area contributed by atoms with Crippen LogP contribution in [0.5, 0.6) is 0 Å². The molecule has 0 spiro atoms. The van der Waals surface area contributed by atoms with Crippen LogP contribution >= 0.6 is 46.1 Å². The molecule has 0 aliphatic carbocycles. The van der Waals surface area contributed by atoms with Gasteiger partial charge >= 0.3 is 5.91 Å². The van der Waals surface area contributed by atoms with E-state index in [2.05, 4.69) is 12.5 Å². The van der Waals surface area contributed by atoms with Gasteiger partial charge in [0, 0.05) is 15.8 Å². The number of benzene rings is 1. The minimum absolute atomic E-state index is 0. The number of piperidine rings is 1. The van der Waals surface area contributed by atoms with Crippen molar-refractivity contribution in [3.63, 3.8) is 0 Å². The highest BCUT2D eigenvalue weighted by molar-refractivity contribution is 7.16. The van der Waals surface area contributed by atoms with Crippen molar-refractivity contribution >= 4 is 63.4 Å². The van der Waals surface area contributed by atoms with Gasteiger partial charge in [-0.25, -0.2) is 4.59 Å².